The molecule has 0 atom stereocenters. The van der Waals surface area contributed by atoms with Gasteiger partial charge in [-0.25, -0.2) is 0 Å². The van der Waals surface area contributed by atoms with Gasteiger partial charge in [0.2, 0.25) is 0 Å². The van der Waals surface area contributed by atoms with E-state index in [0.717, 1.165) is 21.9 Å². The van der Waals surface area contributed by atoms with Gasteiger partial charge >= 0.3 is 6.18 Å². The second-order valence-electron chi connectivity index (χ2n) is 7.30. The van der Waals surface area contributed by atoms with Gasteiger partial charge in [0.05, 0.1) is 5.69 Å². The van der Waals surface area contributed by atoms with Gasteiger partial charge in [-0.3, -0.25) is 4.68 Å². The number of aromatic nitrogens is 2. The van der Waals surface area contributed by atoms with Gasteiger partial charge in [0.1, 0.15) is 5.69 Å². The van der Waals surface area contributed by atoms with Crippen LogP contribution in [0.3, 0.4) is 0 Å². The average molecular weight is 447 g/mol. The lowest BCUT2D eigenvalue weighted by Gasteiger charge is -2.26. The zero-order valence-corrected chi connectivity index (χ0v) is 18.1. The summed E-state index contributed by atoms with van der Waals surface area (Å²) in [6.45, 7) is 3.45. The monoisotopic (exact) mass is 446 g/mol. The Morgan fingerprint density at radius 1 is 1.00 bits per heavy atom. The van der Waals surface area contributed by atoms with Crippen molar-refractivity contribution in [1.82, 2.24) is 20.0 Å². The summed E-state index contributed by atoms with van der Waals surface area (Å²) in [5.41, 5.74) is 1.89. The summed E-state index contributed by atoms with van der Waals surface area (Å²) in [6.07, 6.45) is -3.94. The van der Waals surface area contributed by atoms with E-state index < -0.39 is 11.9 Å². The Morgan fingerprint density at radius 2 is 1.55 bits per heavy atom. The number of benzene rings is 2. The van der Waals surface area contributed by atoms with Gasteiger partial charge in [0.25, 0.3) is 0 Å². The third kappa shape index (κ3) is 6.82. The summed E-state index contributed by atoms with van der Waals surface area (Å²) in [5.74, 6) is 0. The molecular weight excluding hydrogens is 421 g/mol. The molecule has 2 aromatic carbocycles. The molecule has 1 N–H and O–H groups in total. The van der Waals surface area contributed by atoms with Crippen LogP contribution in [0.5, 0.6) is 0 Å². The van der Waals surface area contributed by atoms with Gasteiger partial charge in [0, 0.05) is 26.2 Å². The third-order valence-electron chi connectivity index (χ3n) is 4.74. The molecule has 0 radical (unpaired) electrons. The minimum absolute atomic E-state index is 0.162. The number of halogens is 3. The minimum Gasteiger partial charge on any atom is -0.362 e. The number of nitrogens with one attached hydrogen (secondary N) is 1. The lowest BCUT2D eigenvalue weighted by molar-refractivity contribution is -0.144. The van der Waals surface area contributed by atoms with Crippen molar-refractivity contribution in [3.63, 3.8) is 0 Å². The zero-order valence-electron chi connectivity index (χ0n) is 17.3. The van der Waals surface area contributed by atoms with Crippen LogP contribution in [-0.4, -0.2) is 26.3 Å². The second-order valence-corrected chi connectivity index (χ2v) is 7.69. The number of nitrogens with zero attached hydrogens (tertiary/aromatic N) is 3. The Hall–Kier alpha value is -2.87. The molecule has 0 spiro atoms. The molecule has 8 heteroatoms. The first-order chi connectivity index (χ1) is 14.8. The zero-order chi connectivity index (χ0) is 22.3. The van der Waals surface area contributed by atoms with Crippen LogP contribution in [0.15, 0.2) is 66.7 Å². The number of thiocarbonyl (C=S) groups is 1. The van der Waals surface area contributed by atoms with Crippen molar-refractivity contribution < 1.29 is 13.2 Å². The van der Waals surface area contributed by atoms with E-state index in [-0.39, 0.29) is 6.54 Å². The second kappa shape index (κ2) is 10.4. The molecule has 3 rings (SSSR count). The average Bonchev–Trinajstić information content (AvgIpc) is 3.13. The molecule has 0 aliphatic carbocycles. The van der Waals surface area contributed by atoms with Crippen molar-refractivity contribution in [2.45, 2.75) is 39.2 Å². The van der Waals surface area contributed by atoms with Gasteiger partial charge in [0.15, 0.2) is 5.11 Å². The number of hydrogen-bond donors (Lipinski definition) is 1. The highest BCUT2D eigenvalue weighted by Crippen LogP contribution is 2.29. The van der Waals surface area contributed by atoms with Crippen LogP contribution in [0.2, 0.25) is 0 Å². The summed E-state index contributed by atoms with van der Waals surface area (Å²) in [6, 6.07) is 21.1. The van der Waals surface area contributed by atoms with E-state index >= 15 is 0 Å². The molecule has 0 bridgehead atoms. The molecule has 0 fully saturated rings. The lowest BCUT2D eigenvalue weighted by atomic mass is 10.2. The molecule has 1 aromatic heterocycles. The van der Waals surface area contributed by atoms with Crippen LogP contribution in [0.4, 0.5) is 13.2 Å². The molecule has 3 aromatic rings. The summed E-state index contributed by atoms with van der Waals surface area (Å²) in [4.78, 5) is 2.05. The maximum absolute atomic E-state index is 13.1. The standard InChI is InChI=1S/C23H25F3N4S/c1-18-15-21(23(24,25)26)30(28-18)14-8-13-27-22(31)29(16-19-9-4-2-5-10-19)17-20-11-6-3-7-12-20/h2-7,9-12,15H,8,13-14,16-17H2,1H3,(H,27,31). The highest BCUT2D eigenvalue weighted by atomic mass is 32.1. The van der Waals surface area contributed by atoms with E-state index in [0.29, 0.717) is 36.9 Å². The van der Waals surface area contributed by atoms with Gasteiger partial charge in [-0.1, -0.05) is 60.7 Å². The first kappa shape index (κ1) is 22.8. The Bertz CT molecular complexity index is 930. The fraction of sp³-hybridized carbons (Fsp3) is 0.304. The van der Waals surface area contributed by atoms with Crippen LogP contribution in [0.25, 0.3) is 0 Å². The molecule has 164 valence electrons. The maximum Gasteiger partial charge on any atom is 0.433 e. The highest BCUT2D eigenvalue weighted by molar-refractivity contribution is 7.80. The molecule has 1 heterocycles. The van der Waals surface area contributed by atoms with Gasteiger partial charge in [-0.2, -0.15) is 18.3 Å². The van der Waals surface area contributed by atoms with E-state index in [1.165, 1.54) is 0 Å². The van der Waals surface area contributed by atoms with Crippen LogP contribution in [0, 0.1) is 6.92 Å². The van der Waals surface area contributed by atoms with Crippen LogP contribution < -0.4 is 5.32 Å². The van der Waals surface area contributed by atoms with E-state index in [1.807, 2.05) is 60.7 Å². The SMILES string of the molecule is Cc1cc(C(F)(F)F)n(CCCNC(=S)N(Cc2ccccc2)Cc2ccccc2)n1. The number of alkyl halides is 3. The summed E-state index contributed by atoms with van der Waals surface area (Å²) < 4.78 is 40.4. The topological polar surface area (TPSA) is 33.1 Å². The number of aryl methyl sites for hydroxylation is 2. The normalized spacial score (nSPS) is 11.4. The fourth-order valence-electron chi connectivity index (χ4n) is 3.29. The third-order valence-corrected chi connectivity index (χ3v) is 5.14. The van der Waals surface area contributed by atoms with Gasteiger partial charge in [-0.15, -0.1) is 0 Å². The predicted octanol–water partition coefficient (Wildman–Crippen LogP) is 5.18. The van der Waals surface area contributed by atoms with E-state index in [1.54, 1.807) is 6.92 Å². The van der Waals surface area contributed by atoms with Crippen molar-refractivity contribution >= 4 is 17.3 Å². The van der Waals surface area contributed by atoms with Crippen molar-refractivity contribution in [1.29, 1.82) is 0 Å². The first-order valence-electron chi connectivity index (χ1n) is 10.0. The molecule has 4 nitrogen and oxygen atoms in total. The Kier molecular flexibility index (Phi) is 7.68. The van der Waals surface area contributed by atoms with Crippen molar-refractivity contribution in [3.8, 4) is 0 Å². The fourth-order valence-corrected chi connectivity index (χ4v) is 3.52. The maximum atomic E-state index is 13.1. The molecule has 0 amide bonds. The van der Waals surface area contributed by atoms with Gasteiger partial charge < -0.3 is 10.2 Å². The van der Waals surface area contributed by atoms with E-state index in [9.17, 15) is 13.2 Å². The van der Waals surface area contributed by atoms with Crippen LogP contribution in [0.1, 0.15) is 28.9 Å². The molecule has 0 unspecified atom stereocenters. The van der Waals surface area contributed by atoms with Crippen LogP contribution in [-0.2, 0) is 25.8 Å². The Balaban J connectivity index is 1.59. The first-order valence-corrected chi connectivity index (χ1v) is 10.5. The van der Waals surface area contributed by atoms with Crippen molar-refractivity contribution in [2.75, 3.05) is 6.54 Å². The number of rotatable bonds is 8. The van der Waals surface area contributed by atoms with Crippen LogP contribution >= 0.6 is 12.2 Å². The Labute approximate surface area is 185 Å². The molecule has 0 saturated heterocycles. The van der Waals surface area contributed by atoms with Crippen molar-refractivity contribution in [3.05, 3.63) is 89.2 Å². The minimum atomic E-state index is -4.41. The van der Waals surface area contributed by atoms with E-state index in [2.05, 4.69) is 15.3 Å². The summed E-state index contributed by atoms with van der Waals surface area (Å²) in [7, 11) is 0. The lowest BCUT2D eigenvalue weighted by Crippen LogP contribution is -2.39. The highest BCUT2D eigenvalue weighted by Gasteiger charge is 2.35. The molecule has 0 aliphatic rings. The predicted molar refractivity (Wildman–Crippen MR) is 119 cm³/mol. The largest absolute Gasteiger partial charge is 0.433 e. The molecule has 0 aliphatic heterocycles. The summed E-state index contributed by atoms with van der Waals surface area (Å²) >= 11 is 5.61. The van der Waals surface area contributed by atoms with Gasteiger partial charge in [-0.05, 0) is 42.8 Å². The molecular formula is C23H25F3N4S. The van der Waals surface area contributed by atoms with E-state index in [4.69, 9.17) is 12.2 Å². The smallest absolute Gasteiger partial charge is 0.362 e. The molecule has 0 saturated carbocycles. The summed E-state index contributed by atoms with van der Waals surface area (Å²) in [5, 5.41) is 7.73. The Morgan fingerprint density at radius 3 is 2.06 bits per heavy atom. The quantitative estimate of drug-likeness (QED) is 0.382. The molecule has 31 heavy (non-hydrogen) atoms. The van der Waals surface area contributed by atoms with Crippen molar-refractivity contribution in [2.24, 2.45) is 0 Å². The number of hydrogen-bond acceptors (Lipinski definition) is 2.